The molecule has 2 rings (SSSR count). The quantitative estimate of drug-likeness (QED) is 0.861. The summed E-state index contributed by atoms with van der Waals surface area (Å²) in [4.78, 5) is 24.8. The average Bonchev–Trinajstić information content (AvgIpc) is 2.34. The van der Waals surface area contributed by atoms with Gasteiger partial charge in [0.15, 0.2) is 0 Å². The summed E-state index contributed by atoms with van der Waals surface area (Å²) in [5.74, 6) is 0. The van der Waals surface area contributed by atoms with E-state index in [1.165, 1.54) is 19.1 Å². The zero-order valence-electron chi connectivity index (χ0n) is 10.4. The second-order valence-electron chi connectivity index (χ2n) is 4.19. The lowest BCUT2D eigenvalue weighted by Gasteiger charge is -2.07. The molecular weight excluding hydrogens is 268 g/mol. The molecule has 0 unspecified atom stereocenters. The molecule has 100 valence electrons. The van der Waals surface area contributed by atoms with Crippen LogP contribution in [0.25, 0.3) is 0 Å². The Morgan fingerprint density at radius 1 is 1.05 bits per heavy atom. The third kappa shape index (κ3) is 2.37. The van der Waals surface area contributed by atoms with E-state index in [2.05, 4.69) is 0 Å². The topological polar surface area (TPSA) is 89.0 Å². The van der Waals surface area contributed by atoms with Gasteiger partial charge >= 0.3 is 5.69 Å². The minimum Gasteiger partial charge on any atom is -0.273 e. The van der Waals surface area contributed by atoms with Crippen molar-refractivity contribution < 1.29 is 8.42 Å². The normalized spacial score (nSPS) is 11.5. The number of nitrogens with zero attached hydrogens (tertiary/aromatic N) is 1. The van der Waals surface area contributed by atoms with Crippen LogP contribution in [0.1, 0.15) is 11.1 Å². The fraction of sp³-hybridized carbons (Fsp3) is 0.167. The van der Waals surface area contributed by atoms with Gasteiger partial charge in [0.25, 0.3) is 15.6 Å². The summed E-state index contributed by atoms with van der Waals surface area (Å²) in [6.45, 7) is 3.26. The summed E-state index contributed by atoms with van der Waals surface area (Å²) < 4.78 is 25.1. The van der Waals surface area contributed by atoms with Gasteiger partial charge in [-0.3, -0.25) is 9.78 Å². The minimum absolute atomic E-state index is 0.00773. The third-order valence-corrected chi connectivity index (χ3v) is 4.32. The molecule has 2 aromatic rings. The van der Waals surface area contributed by atoms with Crippen LogP contribution in [0.4, 0.5) is 0 Å². The Balaban J connectivity index is 2.70. The van der Waals surface area contributed by atoms with Crippen LogP contribution >= 0.6 is 0 Å². The van der Waals surface area contributed by atoms with Crippen LogP contribution in [0, 0.1) is 13.8 Å². The molecular formula is C12H12N2O4S. The van der Waals surface area contributed by atoms with E-state index >= 15 is 0 Å². The molecule has 0 radical (unpaired) electrons. The molecule has 0 aliphatic rings. The highest BCUT2D eigenvalue weighted by Gasteiger charge is 2.19. The van der Waals surface area contributed by atoms with Gasteiger partial charge in [0.05, 0.1) is 4.90 Å². The molecule has 7 heteroatoms. The first-order valence-corrected chi connectivity index (χ1v) is 6.91. The molecule has 0 spiro atoms. The first-order chi connectivity index (χ1) is 8.82. The predicted molar refractivity (Wildman–Crippen MR) is 69.8 cm³/mol. The Labute approximate surface area is 109 Å². The van der Waals surface area contributed by atoms with E-state index in [0.29, 0.717) is 3.97 Å². The summed E-state index contributed by atoms with van der Waals surface area (Å²) in [5.41, 5.74) is -0.518. The van der Waals surface area contributed by atoms with Gasteiger partial charge in [0, 0.05) is 11.8 Å². The fourth-order valence-corrected chi connectivity index (χ4v) is 2.81. The van der Waals surface area contributed by atoms with Gasteiger partial charge in [-0.25, -0.2) is 13.2 Å². The molecule has 6 nitrogen and oxygen atoms in total. The lowest BCUT2D eigenvalue weighted by atomic mass is 10.2. The standard InChI is InChI=1S/C12H12N2O4S/c1-8-3-5-10(6-4-8)19(17,18)14-7-9(2)11(15)13-12(14)16/h3-7H,1-2H3,(H,13,15,16). The molecule has 0 bridgehead atoms. The SMILES string of the molecule is Cc1ccc(S(=O)(=O)n2cc(C)c(=O)[nH]c2=O)cc1. The third-order valence-electron chi connectivity index (χ3n) is 2.67. The van der Waals surface area contributed by atoms with Crippen molar-refractivity contribution >= 4 is 10.0 Å². The van der Waals surface area contributed by atoms with E-state index in [4.69, 9.17) is 0 Å². The van der Waals surface area contributed by atoms with Crippen molar-refractivity contribution in [2.45, 2.75) is 18.7 Å². The maximum absolute atomic E-state index is 12.3. The van der Waals surface area contributed by atoms with Crippen LogP contribution in [-0.2, 0) is 10.0 Å². The van der Waals surface area contributed by atoms with Gasteiger partial charge in [0.1, 0.15) is 0 Å². The molecule has 0 fully saturated rings. The number of rotatable bonds is 2. The van der Waals surface area contributed by atoms with Gasteiger partial charge in [0.2, 0.25) is 0 Å². The van der Waals surface area contributed by atoms with Crippen molar-refractivity contribution in [1.29, 1.82) is 0 Å². The fourth-order valence-electron chi connectivity index (χ4n) is 1.55. The zero-order valence-corrected chi connectivity index (χ0v) is 11.2. The molecule has 0 aliphatic heterocycles. The smallest absolute Gasteiger partial charge is 0.273 e. The molecule has 1 heterocycles. The van der Waals surface area contributed by atoms with E-state index < -0.39 is 21.3 Å². The van der Waals surface area contributed by atoms with E-state index in [-0.39, 0.29) is 10.5 Å². The maximum atomic E-state index is 12.3. The Hall–Kier alpha value is -2.15. The molecule has 19 heavy (non-hydrogen) atoms. The van der Waals surface area contributed by atoms with Gasteiger partial charge in [-0.15, -0.1) is 0 Å². The van der Waals surface area contributed by atoms with E-state index in [9.17, 15) is 18.0 Å². The van der Waals surface area contributed by atoms with Crippen LogP contribution in [0.5, 0.6) is 0 Å². The Bertz CT molecular complexity index is 829. The van der Waals surface area contributed by atoms with Gasteiger partial charge < -0.3 is 0 Å². The molecule has 1 N–H and O–H groups in total. The number of hydrogen-bond donors (Lipinski definition) is 1. The van der Waals surface area contributed by atoms with Crippen LogP contribution < -0.4 is 11.2 Å². The first-order valence-electron chi connectivity index (χ1n) is 5.47. The lowest BCUT2D eigenvalue weighted by Crippen LogP contribution is -2.34. The van der Waals surface area contributed by atoms with Crippen molar-refractivity contribution in [2.75, 3.05) is 0 Å². The predicted octanol–water partition coefficient (Wildman–Crippen LogP) is 0.390. The van der Waals surface area contributed by atoms with Crippen LogP contribution in [0.15, 0.2) is 44.9 Å². The van der Waals surface area contributed by atoms with Gasteiger partial charge in [-0.05, 0) is 26.0 Å². The number of H-pyrrole nitrogens is 1. The first kappa shape index (κ1) is 13.3. The van der Waals surface area contributed by atoms with Crippen LogP contribution in [-0.4, -0.2) is 17.4 Å². The van der Waals surface area contributed by atoms with Gasteiger partial charge in [-0.1, -0.05) is 17.7 Å². The summed E-state index contributed by atoms with van der Waals surface area (Å²) in [7, 11) is -3.99. The second-order valence-corrected chi connectivity index (χ2v) is 6.00. The summed E-state index contributed by atoms with van der Waals surface area (Å²) in [6.07, 6.45) is 1.02. The molecule has 0 saturated heterocycles. The van der Waals surface area contributed by atoms with E-state index in [0.717, 1.165) is 11.8 Å². The number of hydrogen-bond acceptors (Lipinski definition) is 4. The second kappa shape index (κ2) is 4.51. The maximum Gasteiger partial charge on any atom is 0.342 e. The van der Waals surface area contributed by atoms with E-state index in [1.807, 2.05) is 11.9 Å². The highest BCUT2D eigenvalue weighted by molar-refractivity contribution is 7.90. The minimum atomic E-state index is -3.99. The zero-order chi connectivity index (χ0) is 14.2. The van der Waals surface area contributed by atoms with Crippen molar-refractivity contribution in [3.63, 3.8) is 0 Å². The number of nitrogens with one attached hydrogen (secondary N) is 1. The highest BCUT2D eigenvalue weighted by Crippen LogP contribution is 2.12. The molecule has 0 aliphatic carbocycles. The Morgan fingerprint density at radius 3 is 2.21 bits per heavy atom. The summed E-state index contributed by atoms with van der Waals surface area (Å²) in [6, 6.07) is 6.10. The Morgan fingerprint density at radius 2 is 1.63 bits per heavy atom. The van der Waals surface area contributed by atoms with Crippen LogP contribution in [0.2, 0.25) is 0 Å². The van der Waals surface area contributed by atoms with Crippen molar-refractivity contribution in [3.05, 3.63) is 62.4 Å². The van der Waals surface area contributed by atoms with Gasteiger partial charge in [-0.2, -0.15) is 3.97 Å². The Kier molecular flexibility index (Phi) is 3.15. The van der Waals surface area contributed by atoms with E-state index in [1.54, 1.807) is 12.1 Å². The molecule has 0 atom stereocenters. The monoisotopic (exact) mass is 280 g/mol. The number of aromatic nitrogens is 2. The number of aromatic amines is 1. The van der Waals surface area contributed by atoms with Crippen molar-refractivity contribution in [1.82, 2.24) is 8.96 Å². The largest absolute Gasteiger partial charge is 0.342 e. The lowest BCUT2D eigenvalue weighted by molar-refractivity contribution is 0.583. The summed E-state index contributed by atoms with van der Waals surface area (Å²) >= 11 is 0. The van der Waals surface area contributed by atoms with Crippen molar-refractivity contribution in [3.8, 4) is 0 Å². The molecule has 1 aromatic heterocycles. The number of aryl methyl sites for hydroxylation is 2. The van der Waals surface area contributed by atoms with Crippen LogP contribution in [0.3, 0.4) is 0 Å². The van der Waals surface area contributed by atoms with Crippen molar-refractivity contribution in [2.24, 2.45) is 0 Å². The highest BCUT2D eigenvalue weighted by atomic mass is 32.2. The number of benzene rings is 1. The molecule has 1 aromatic carbocycles. The molecule has 0 amide bonds. The summed E-state index contributed by atoms with van der Waals surface area (Å²) in [5, 5.41) is 0. The molecule has 0 saturated carbocycles. The average molecular weight is 280 g/mol.